The predicted molar refractivity (Wildman–Crippen MR) is 153 cm³/mol. The van der Waals surface area contributed by atoms with Crippen LogP contribution in [-0.2, 0) is 30.0 Å². The molecule has 0 aromatic heterocycles. The lowest BCUT2D eigenvalue weighted by Crippen LogP contribution is -2.65. The first-order chi connectivity index (χ1) is 17.7. The smallest absolute Gasteiger partial charge is 0.199 e. The van der Waals surface area contributed by atoms with Gasteiger partial charge in [-0.15, -0.1) is 0 Å². The predicted octanol–water partition coefficient (Wildman–Crippen LogP) is 7.06. The molecule has 4 atom stereocenters. The van der Waals surface area contributed by atoms with E-state index >= 15 is 0 Å². The molecular formula is C31H50O6Si. The molecule has 3 rings (SSSR count). The average Bonchev–Trinajstić information content (AvgIpc) is 3.16. The number of allylic oxidation sites excluding steroid dienone is 2. The van der Waals surface area contributed by atoms with Crippen molar-refractivity contribution >= 4 is 14.1 Å². The van der Waals surface area contributed by atoms with E-state index < -0.39 is 25.5 Å². The van der Waals surface area contributed by atoms with Gasteiger partial charge in [0.25, 0.3) is 0 Å². The van der Waals surface area contributed by atoms with Crippen LogP contribution in [0.15, 0.2) is 42.5 Å². The number of ketones is 1. The number of carbonyl (C=O) groups is 1. The minimum atomic E-state index is -2.15. The van der Waals surface area contributed by atoms with Crippen molar-refractivity contribution in [1.82, 2.24) is 0 Å². The number of unbranched alkanes of at least 4 members (excludes halogenated alkanes) is 1. The first-order valence-electron chi connectivity index (χ1n) is 14.3. The number of rotatable bonds is 12. The van der Waals surface area contributed by atoms with Crippen LogP contribution in [-0.4, -0.2) is 49.1 Å². The lowest BCUT2D eigenvalue weighted by Gasteiger charge is -2.55. The van der Waals surface area contributed by atoms with Gasteiger partial charge in [-0.05, 0) is 75.7 Å². The average molecular weight is 547 g/mol. The minimum absolute atomic E-state index is 0.0253. The molecule has 1 aromatic carbocycles. The first kappa shape index (κ1) is 31.2. The minimum Gasteiger partial charge on any atom is -0.406 e. The fourth-order valence-corrected chi connectivity index (χ4v) is 6.94. The second-order valence-corrected chi connectivity index (χ2v) is 17.6. The van der Waals surface area contributed by atoms with Crippen molar-refractivity contribution in [3.63, 3.8) is 0 Å². The van der Waals surface area contributed by atoms with Gasteiger partial charge in [-0.2, -0.15) is 0 Å². The topological polar surface area (TPSA) is 74.2 Å². The quantitative estimate of drug-likeness (QED) is 0.172. The van der Waals surface area contributed by atoms with E-state index in [1.165, 1.54) is 0 Å². The number of aliphatic hydroxyl groups is 1. The summed E-state index contributed by atoms with van der Waals surface area (Å²) in [6.07, 6.45) is 8.87. The second kappa shape index (κ2) is 12.4. The maximum atomic E-state index is 11.5. The summed E-state index contributed by atoms with van der Waals surface area (Å²) in [5, 5.41) is 11.5. The van der Waals surface area contributed by atoms with Crippen molar-refractivity contribution in [2.75, 3.05) is 6.61 Å². The third-order valence-corrected chi connectivity index (χ3v) is 13.2. The Morgan fingerprint density at radius 1 is 1.18 bits per heavy atom. The van der Waals surface area contributed by atoms with Crippen LogP contribution in [0, 0.1) is 0 Å². The summed E-state index contributed by atoms with van der Waals surface area (Å²) in [5.41, 5.74) is 0.502. The first-order valence-corrected chi connectivity index (χ1v) is 17.2. The molecule has 2 saturated heterocycles. The fourth-order valence-electron chi connectivity index (χ4n) is 5.25. The Kier molecular flexibility index (Phi) is 10.2. The molecule has 1 aromatic rings. The summed E-state index contributed by atoms with van der Waals surface area (Å²) < 4.78 is 26.4. The molecule has 2 unspecified atom stereocenters. The molecule has 2 aliphatic rings. The van der Waals surface area contributed by atoms with Gasteiger partial charge >= 0.3 is 0 Å². The highest BCUT2D eigenvalue weighted by atomic mass is 28.4. The zero-order valence-electron chi connectivity index (χ0n) is 24.7. The van der Waals surface area contributed by atoms with Gasteiger partial charge in [-0.3, -0.25) is 4.79 Å². The maximum Gasteiger partial charge on any atom is 0.199 e. The molecule has 214 valence electrons. The van der Waals surface area contributed by atoms with Crippen LogP contribution in [0.25, 0.3) is 0 Å². The normalized spacial score (nSPS) is 30.4. The third kappa shape index (κ3) is 7.86. The summed E-state index contributed by atoms with van der Waals surface area (Å²) in [7, 11) is -2.15. The number of carbonyl (C=O) groups excluding carboxylic acids is 1. The largest absolute Gasteiger partial charge is 0.406 e. The van der Waals surface area contributed by atoms with E-state index in [1.807, 2.05) is 24.3 Å². The van der Waals surface area contributed by atoms with Crippen LogP contribution in [0.5, 0.6) is 0 Å². The highest BCUT2D eigenvalue weighted by Crippen LogP contribution is 2.54. The summed E-state index contributed by atoms with van der Waals surface area (Å²) in [4.78, 5) is 11.2. The van der Waals surface area contributed by atoms with Crippen molar-refractivity contribution in [3.05, 3.63) is 48.0 Å². The van der Waals surface area contributed by atoms with E-state index in [-0.39, 0.29) is 16.9 Å². The number of benzene rings is 1. The Morgan fingerprint density at radius 2 is 1.89 bits per heavy atom. The Morgan fingerprint density at radius 3 is 2.55 bits per heavy atom. The van der Waals surface area contributed by atoms with Gasteiger partial charge in [0.15, 0.2) is 25.7 Å². The zero-order chi connectivity index (χ0) is 28.1. The molecule has 0 aliphatic carbocycles. The highest BCUT2D eigenvalue weighted by molar-refractivity contribution is 6.74. The van der Waals surface area contributed by atoms with E-state index in [0.717, 1.165) is 37.7 Å². The molecule has 2 heterocycles. The van der Waals surface area contributed by atoms with E-state index in [0.29, 0.717) is 32.5 Å². The monoisotopic (exact) mass is 546 g/mol. The molecular weight excluding hydrogens is 496 g/mol. The molecule has 7 heteroatoms. The second-order valence-electron chi connectivity index (χ2n) is 12.9. The lowest BCUT2D eigenvalue weighted by molar-refractivity contribution is -0.382. The van der Waals surface area contributed by atoms with Crippen LogP contribution < -0.4 is 0 Å². The molecule has 2 fully saturated rings. The van der Waals surface area contributed by atoms with Crippen molar-refractivity contribution in [2.24, 2.45) is 0 Å². The standard InChI is InChI=1S/C31H50O6Si/c1-25(32)14-10-9-13-19-30(33)21-22-31(36-30)29(5,37-38(6,7)28(2,3)4)20-17-27(35-31)18-23-34-24-26-15-11-8-12-16-26/h8,10-12,14-16,27,33H,9,13,17-24H2,1-7H3/b14-10+/t27-,29+,30?,31?/m0/s1. The third-order valence-electron chi connectivity index (χ3n) is 8.58. The van der Waals surface area contributed by atoms with Gasteiger partial charge < -0.3 is 23.7 Å². The molecule has 38 heavy (non-hydrogen) atoms. The molecule has 2 aliphatic heterocycles. The van der Waals surface area contributed by atoms with Gasteiger partial charge in [-0.25, -0.2) is 0 Å². The summed E-state index contributed by atoms with van der Waals surface area (Å²) in [6, 6.07) is 10.2. The van der Waals surface area contributed by atoms with Gasteiger partial charge in [0, 0.05) is 25.9 Å². The van der Waals surface area contributed by atoms with Crippen molar-refractivity contribution in [3.8, 4) is 0 Å². The van der Waals surface area contributed by atoms with Crippen molar-refractivity contribution in [1.29, 1.82) is 0 Å². The van der Waals surface area contributed by atoms with E-state index in [1.54, 1.807) is 13.0 Å². The summed E-state index contributed by atoms with van der Waals surface area (Å²) in [5.74, 6) is -2.24. The molecule has 1 N–H and O–H groups in total. The van der Waals surface area contributed by atoms with Crippen LogP contribution in [0.4, 0.5) is 0 Å². The number of hydrogen-bond acceptors (Lipinski definition) is 6. The van der Waals surface area contributed by atoms with Gasteiger partial charge in [0.1, 0.15) is 5.60 Å². The zero-order valence-corrected chi connectivity index (χ0v) is 25.7. The van der Waals surface area contributed by atoms with Crippen LogP contribution in [0.3, 0.4) is 0 Å². The maximum absolute atomic E-state index is 11.5. The van der Waals surface area contributed by atoms with E-state index in [9.17, 15) is 9.90 Å². The van der Waals surface area contributed by atoms with Gasteiger partial charge in [0.05, 0.1) is 12.7 Å². The Hall–Kier alpha value is -1.35. The van der Waals surface area contributed by atoms with Crippen LogP contribution in [0.2, 0.25) is 18.1 Å². The number of hydrogen-bond donors (Lipinski definition) is 1. The van der Waals surface area contributed by atoms with E-state index in [4.69, 9.17) is 18.6 Å². The molecule has 0 saturated carbocycles. The van der Waals surface area contributed by atoms with Gasteiger partial charge in [0.2, 0.25) is 0 Å². The highest BCUT2D eigenvalue weighted by Gasteiger charge is 2.64. The summed E-state index contributed by atoms with van der Waals surface area (Å²) in [6.45, 7) is 16.1. The Labute approximate surface area is 231 Å². The van der Waals surface area contributed by atoms with Crippen LogP contribution in [0.1, 0.15) is 91.5 Å². The molecule has 0 amide bonds. The number of ether oxygens (including phenoxy) is 3. The lowest BCUT2D eigenvalue weighted by atomic mass is 9.83. The van der Waals surface area contributed by atoms with Crippen LogP contribution >= 0.6 is 0 Å². The Balaban J connectivity index is 1.70. The van der Waals surface area contributed by atoms with Crippen molar-refractivity contribution in [2.45, 2.75) is 134 Å². The summed E-state index contributed by atoms with van der Waals surface area (Å²) >= 11 is 0. The molecule has 0 bridgehead atoms. The molecule has 0 radical (unpaired) electrons. The van der Waals surface area contributed by atoms with Crippen molar-refractivity contribution < 1.29 is 28.5 Å². The molecule has 1 spiro atoms. The fraction of sp³-hybridized carbons (Fsp3) is 0.710. The van der Waals surface area contributed by atoms with Gasteiger partial charge in [-0.1, -0.05) is 57.2 Å². The van der Waals surface area contributed by atoms with E-state index in [2.05, 4.69) is 52.9 Å². The SMILES string of the molecule is CC(=O)/C=C/CCCC1(O)CCC2(O[C@H](CCOCc3ccccc3)CC[C@@]2(C)O[Si](C)(C)C(C)(C)C)O1. The Bertz CT molecular complexity index is 941. The molecule has 6 nitrogen and oxygen atoms in total.